The number of nitrogens with zero attached hydrogens (tertiary/aromatic N) is 2. The Morgan fingerprint density at radius 2 is 1.39 bits per heavy atom. The van der Waals surface area contributed by atoms with E-state index >= 15 is 4.79 Å². The van der Waals surface area contributed by atoms with Crippen molar-refractivity contribution in [2.24, 2.45) is 5.92 Å². The molecule has 5 aliphatic rings. The number of anilines is 3. The summed E-state index contributed by atoms with van der Waals surface area (Å²) < 4.78 is 22.9. The molecule has 4 amide bonds. The number of carbonyl (C=O) groups is 4. The number of nitrogens with one attached hydrogen (secondary N) is 2. The number of amides is 4. The molecule has 5 heterocycles. The fourth-order valence-electron chi connectivity index (χ4n) is 10.9. The second-order valence-electron chi connectivity index (χ2n) is 19.1. The highest BCUT2D eigenvalue weighted by Crippen LogP contribution is 2.60. The van der Waals surface area contributed by atoms with E-state index in [1.165, 1.54) is 17.0 Å². The third-order valence-corrected chi connectivity index (χ3v) is 19.0. The summed E-state index contributed by atoms with van der Waals surface area (Å²) in [5.41, 5.74) is -0.688. The molecule has 0 bridgehead atoms. The summed E-state index contributed by atoms with van der Waals surface area (Å²) in [4.78, 5) is 60.1. The Hall–Kier alpha value is -4.92. The number of hydrogen-bond donors (Lipinski definition) is 11. The number of carbonyl (C=O) groups excluding carboxylic acids is 4. The molecule has 0 saturated carbocycles. The van der Waals surface area contributed by atoms with E-state index in [0.717, 1.165) is 5.19 Å². The summed E-state index contributed by atoms with van der Waals surface area (Å²) in [7, 11) is -1.23. The Balaban J connectivity index is 1.17. The van der Waals surface area contributed by atoms with Gasteiger partial charge >= 0.3 is 0 Å². The van der Waals surface area contributed by atoms with Gasteiger partial charge in [-0.05, 0) is 66.4 Å². The van der Waals surface area contributed by atoms with Gasteiger partial charge in [-0.25, -0.2) is 0 Å². The lowest BCUT2D eigenvalue weighted by Crippen LogP contribution is -2.60. The van der Waals surface area contributed by atoms with Gasteiger partial charge in [-0.3, -0.25) is 19.2 Å². The number of rotatable bonds is 12. The minimum atomic E-state index is -2.79. The second kappa shape index (κ2) is 19.7. The number of ether oxygens (including phenoxy) is 4. The van der Waals surface area contributed by atoms with Crippen LogP contribution in [-0.2, 0) is 45.5 Å². The fourth-order valence-corrected chi connectivity index (χ4v) is 14.9. The van der Waals surface area contributed by atoms with E-state index in [1.54, 1.807) is 42.3 Å². The van der Waals surface area contributed by atoms with Gasteiger partial charge in [0.1, 0.15) is 42.4 Å². The maximum Gasteiger partial charge on any atom is 0.264 e. The van der Waals surface area contributed by atoms with Crippen molar-refractivity contribution in [3.63, 3.8) is 0 Å². The molecule has 8 rings (SSSR count). The number of methoxy groups -OCH3 is 1. The quantitative estimate of drug-likeness (QED) is 0.0903. The van der Waals surface area contributed by atoms with Crippen molar-refractivity contribution in [3.05, 3.63) is 77.9 Å². The highest BCUT2D eigenvalue weighted by Gasteiger charge is 2.67. The molecule has 0 aromatic heterocycles. The molecule has 5 aliphatic heterocycles. The molecule has 15 atom stereocenters. The van der Waals surface area contributed by atoms with Gasteiger partial charge in [-0.1, -0.05) is 49.5 Å². The van der Waals surface area contributed by atoms with Crippen molar-refractivity contribution in [2.45, 2.75) is 131 Å². The largest absolute Gasteiger partial charge is 0.497 e. The van der Waals surface area contributed by atoms with Crippen molar-refractivity contribution < 1.29 is 84.1 Å². The van der Waals surface area contributed by atoms with Crippen molar-refractivity contribution >= 4 is 54.0 Å². The molecule has 11 N–H and O–H groups in total. The molecule has 1 spiro atoms. The van der Waals surface area contributed by atoms with Crippen LogP contribution < -0.4 is 25.5 Å². The van der Waals surface area contributed by atoms with Crippen LogP contribution in [0, 0.1) is 5.92 Å². The predicted molar refractivity (Wildman–Crippen MR) is 245 cm³/mol. The minimum Gasteiger partial charge on any atom is -0.497 e. The van der Waals surface area contributed by atoms with Crippen molar-refractivity contribution in [3.8, 4) is 5.75 Å². The molecule has 69 heavy (non-hydrogen) atoms. The van der Waals surface area contributed by atoms with Crippen LogP contribution in [0.5, 0.6) is 5.75 Å². The molecule has 0 aliphatic carbocycles. The topological polar surface area (TPSA) is 318 Å². The number of fused-ring (bicyclic) bond motifs is 2. The SMILES string of the molecule is COc1ccc([Si](C)(C)[C@H]2[C@H](CC(=O)N3CCC[C@H]3CO)O[C@@]3(C(=O)N(Cc4cccc(NC(=O)[C@H]5O[C@@H](O)[C@H](O)[C@@H](O)[C@@H]5O)c4)c4ccc(NC(=O)[C@H]5O[C@@H](O)[C@H](O)[C@@H](O)[C@@H]5O)cc43)[C@@H]2C)cc1. The summed E-state index contributed by atoms with van der Waals surface area (Å²) in [5.74, 6) is -2.64. The molecule has 4 fully saturated rings. The van der Waals surface area contributed by atoms with E-state index in [0.29, 0.717) is 42.0 Å². The first kappa shape index (κ1) is 50.5. The highest BCUT2D eigenvalue weighted by atomic mass is 28.3. The molecule has 4 saturated heterocycles. The molecular formula is C47H60N4O17Si. The predicted octanol–water partition coefficient (Wildman–Crippen LogP) is -1.69. The summed E-state index contributed by atoms with van der Waals surface area (Å²) >= 11 is 0. The minimum absolute atomic E-state index is 0.106. The molecule has 3 aromatic carbocycles. The van der Waals surface area contributed by atoms with E-state index in [9.17, 15) is 60.3 Å². The Bertz CT molecular complexity index is 2410. The molecule has 0 radical (unpaired) electrons. The van der Waals surface area contributed by atoms with E-state index in [1.807, 2.05) is 31.2 Å². The zero-order valence-electron chi connectivity index (χ0n) is 38.4. The van der Waals surface area contributed by atoms with Gasteiger partial charge in [0.2, 0.25) is 5.91 Å². The Labute approximate surface area is 397 Å². The molecule has 22 heteroatoms. The Kier molecular flexibility index (Phi) is 14.4. The molecule has 0 unspecified atom stereocenters. The summed E-state index contributed by atoms with van der Waals surface area (Å²) in [6, 6.07) is 18.3. The molecule has 21 nitrogen and oxygen atoms in total. The lowest BCUT2D eigenvalue weighted by molar-refractivity contribution is -0.274. The zero-order valence-corrected chi connectivity index (χ0v) is 39.4. The molecule has 3 aromatic rings. The third kappa shape index (κ3) is 9.07. The molecule has 374 valence electrons. The van der Waals surface area contributed by atoms with Crippen LogP contribution in [0.4, 0.5) is 17.1 Å². The number of benzene rings is 3. The fraction of sp³-hybridized carbons (Fsp3) is 0.532. The normalized spacial score (nSPS) is 34.5. The first-order valence-corrected chi connectivity index (χ1v) is 26.0. The van der Waals surface area contributed by atoms with Gasteiger partial charge in [0.25, 0.3) is 17.7 Å². The average molecular weight is 981 g/mol. The molecular weight excluding hydrogens is 921 g/mol. The van der Waals surface area contributed by atoms with Crippen LogP contribution >= 0.6 is 0 Å². The van der Waals surface area contributed by atoms with Gasteiger partial charge in [-0.2, -0.15) is 0 Å². The third-order valence-electron chi connectivity index (χ3n) is 14.6. The van der Waals surface area contributed by atoms with E-state index in [2.05, 4.69) is 23.7 Å². The number of aliphatic hydroxyl groups is 9. The van der Waals surface area contributed by atoms with E-state index in [-0.39, 0.29) is 42.9 Å². The Morgan fingerprint density at radius 3 is 1.97 bits per heavy atom. The maximum atomic E-state index is 15.7. The van der Waals surface area contributed by atoms with Gasteiger partial charge in [-0.15, -0.1) is 0 Å². The van der Waals surface area contributed by atoms with Crippen molar-refractivity contribution in [1.82, 2.24) is 4.90 Å². The van der Waals surface area contributed by atoms with Gasteiger partial charge < -0.3 is 85.3 Å². The van der Waals surface area contributed by atoms with Crippen molar-refractivity contribution in [2.75, 3.05) is 35.8 Å². The number of aliphatic hydroxyl groups excluding tert-OH is 9. The number of likely N-dealkylation sites (tertiary alicyclic amines) is 1. The first-order chi connectivity index (χ1) is 32.7. The van der Waals surface area contributed by atoms with E-state index in [4.69, 9.17) is 18.9 Å². The Morgan fingerprint density at radius 1 is 0.797 bits per heavy atom. The number of hydrogen-bond acceptors (Lipinski definition) is 17. The van der Waals surface area contributed by atoms with E-state index < -0.39 is 110 Å². The smallest absolute Gasteiger partial charge is 0.264 e. The van der Waals surface area contributed by atoms with Crippen molar-refractivity contribution in [1.29, 1.82) is 0 Å². The van der Waals surface area contributed by atoms with Crippen LogP contribution in [0.15, 0.2) is 66.7 Å². The lowest BCUT2D eigenvalue weighted by atomic mass is 9.82. The lowest BCUT2D eigenvalue weighted by Gasteiger charge is -2.37. The van der Waals surface area contributed by atoms with Crippen LogP contribution in [-0.4, -0.2) is 176 Å². The van der Waals surface area contributed by atoms with Crippen LogP contribution in [0.1, 0.15) is 37.3 Å². The van der Waals surface area contributed by atoms with Crippen LogP contribution in [0.2, 0.25) is 18.6 Å². The monoisotopic (exact) mass is 980 g/mol. The van der Waals surface area contributed by atoms with Gasteiger partial charge in [0, 0.05) is 29.4 Å². The summed E-state index contributed by atoms with van der Waals surface area (Å²) in [6.45, 7) is 6.33. The van der Waals surface area contributed by atoms with Crippen LogP contribution in [0.25, 0.3) is 0 Å². The van der Waals surface area contributed by atoms with Gasteiger partial charge in [0.05, 0.1) is 52.6 Å². The van der Waals surface area contributed by atoms with Crippen LogP contribution in [0.3, 0.4) is 0 Å². The summed E-state index contributed by atoms with van der Waals surface area (Å²) in [6.07, 6.45) is -18.4. The zero-order chi connectivity index (χ0) is 49.9. The van der Waals surface area contributed by atoms with Gasteiger partial charge in [0.15, 0.2) is 30.4 Å². The standard InChI is InChI=1S/C47H60N4O17Si/c1-22-41(69(3,4)28-13-11-27(65-2)12-14-28)31(19-32(53)50-16-6-9-26(50)21-52)68-47(22)29-18-25(49-43(61)40-36(57)34(55)38(59)45(63)67-40)10-15-30(29)51(46(47)64)20-23-7-5-8-24(17-23)48-42(60)39-35(56)33(54)37(58)44(62)66-39/h5,7-8,10-15,17-18,22,26,31,33-41,44-45,52,54-59,62-63H,6,9,16,19-21H2,1-4H3,(H,48,60)(H,49,61)/t22-,26+,31+,33+,34+,35+,36+,37-,38-,39+,40+,41-,44-,45-,47+/m1/s1. The highest BCUT2D eigenvalue weighted by molar-refractivity contribution is 6.91. The summed E-state index contributed by atoms with van der Waals surface area (Å²) in [5, 5.41) is 98.2. The average Bonchev–Trinajstić information content (AvgIpc) is 4.00. The second-order valence-corrected chi connectivity index (χ2v) is 23.8. The first-order valence-electron chi connectivity index (χ1n) is 22.9. The maximum absolute atomic E-state index is 15.7.